The maximum absolute atomic E-state index is 13.0. The van der Waals surface area contributed by atoms with Crippen LogP contribution in [0.25, 0.3) is 0 Å². The van der Waals surface area contributed by atoms with E-state index in [2.05, 4.69) is 10.6 Å². The number of aliphatic hydroxyl groups is 1. The molecule has 0 heterocycles. The van der Waals surface area contributed by atoms with E-state index in [0.29, 0.717) is 5.56 Å². The van der Waals surface area contributed by atoms with Crippen LogP contribution in [0, 0.1) is 0 Å². The van der Waals surface area contributed by atoms with E-state index in [1.165, 1.54) is 31.2 Å². The van der Waals surface area contributed by atoms with Crippen molar-refractivity contribution in [3.05, 3.63) is 29.8 Å². The topological polar surface area (TPSA) is 266 Å². The van der Waals surface area contributed by atoms with Gasteiger partial charge in [-0.1, -0.05) is 12.1 Å². The summed E-state index contributed by atoms with van der Waals surface area (Å²) in [6.07, 6.45) is -3.49. The molecule has 0 fully saturated rings. The van der Waals surface area contributed by atoms with Gasteiger partial charge in [-0.05, 0) is 24.6 Å². The summed E-state index contributed by atoms with van der Waals surface area (Å²) >= 11 is 0. The zero-order valence-corrected chi connectivity index (χ0v) is 19.1. The SMILES string of the molecule is CC(O)C(N)C(=O)NC(Cc1ccc(O)cc1)C(=O)NC(CC(=O)O)C(=O)NC(CC(=O)O)C(=O)O. The number of amides is 3. The Hall–Kier alpha value is -4.24. The predicted molar refractivity (Wildman–Crippen MR) is 119 cm³/mol. The highest BCUT2D eigenvalue weighted by Crippen LogP contribution is 2.12. The van der Waals surface area contributed by atoms with Crippen LogP contribution in [0.3, 0.4) is 0 Å². The van der Waals surface area contributed by atoms with Crippen LogP contribution in [0.15, 0.2) is 24.3 Å². The molecule has 198 valence electrons. The second-order valence-electron chi connectivity index (χ2n) is 7.85. The lowest BCUT2D eigenvalue weighted by Gasteiger charge is -2.25. The summed E-state index contributed by atoms with van der Waals surface area (Å²) in [6.45, 7) is 1.24. The molecule has 3 amide bonds. The summed E-state index contributed by atoms with van der Waals surface area (Å²) in [5, 5.41) is 52.3. The Labute approximate surface area is 204 Å². The number of benzene rings is 1. The molecule has 1 aromatic rings. The van der Waals surface area contributed by atoms with Crippen molar-refractivity contribution in [3.8, 4) is 5.75 Å². The second-order valence-corrected chi connectivity index (χ2v) is 7.85. The van der Waals surface area contributed by atoms with Crippen LogP contribution in [0.5, 0.6) is 5.75 Å². The Kier molecular flexibility index (Phi) is 11.3. The van der Waals surface area contributed by atoms with Crippen molar-refractivity contribution in [3.63, 3.8) is 0 Å². The molecule has 36 heavy (non-hydrogen) atoms. The summed E-state index contributed by atoms with van der Waals surface area (Å²) in [5.41, 5.74) is 6.02. The fourth-order valence-electron chi connectivity index (χ4n) is 2.87. The third kappa shape index (κ3) is 9.94. The van der Waals surface area contributed by atoms with Gasteiger partial charge in [0.15, 0.2) is 0 Å². The third-order valence-corrected chi connectivity index (χ3v) is 4.84. The summed E-state index contributed by atoms with van der Waals surface area (Å²) in [7, 11) is 0. The molecule has 1 rings (SSSR count). The van der Waals surface area contributed by atoms with Gasteiger partial charge in [0.2, 0.25) is 17.7 Å². The molecule has 5 atom stereocenters. The van der Waals surface area contributed by atoms with Crippen molar-refractivity contribution in [1.29, 1.82) is 0 Å². The molecule has 10 N–H and O–H groups in total. The standard InChI is InChI=1S/C21H28N4O11/c1-9(26)17(22)20(34)24-12(6-10-2-4-11(27)5-3-10)18(32)23-13(7-15(28)29)19(33)25-14(21(35)36)8-16(30)31/h2-5,9,12-14,17,26-27H,6-8,22H2,1H3,(H,23,32)(H,24,34)(H,25,33)(H,28,29)(H,30,31)(H,35,36). The Morgan fingerprint density at radius 1 is 0.778 bits per heavy atom. The van der Waals surface area contributed by atoms with Crippen LogP contribution in [-0.2, 0) is 35.2 Å². The van der Waals surface area contributed by atoms with E-state index in [4.69, 9.17) is 21.1 Å². The minimum Gasteiger partial charge on any atom is -0.508 e. The second kappa shape index (κ2) is 13.6. The highest BCUT2D eigenvalue weighted by molar-refractivity contribution is 5.96. The number of carbonyl (C=O) groups excluding carboxylic acids is 3. The molecule has 15 heteroatoms. The minimum atomic E-state index is -1.90. The van der Waals surface area contributed by atoms with Crippen LogP contribution < -0.4 is 21.7 Å². The van der Waals surface area contributed by atoms with Crippen LogP contribution in [0.1, 0.15) is 25.3 Å². The smallest absolute Gasteiger partial charge is 0.326 e. The molecule has 0 aliphatic rings. The van der Waals surface area contributed by atoms with Gasteiger partial charge in [0.05, 0.1) is 18.9 Å². The number of carboxylic acid groups (broad SMARTS) is 3. The Morgan fingerprint density at radius 2 is 1.22 bits per heavy atom. The van der Waals surface area contributed by atoms with Crippen LogP contribution >= 0.6 is 0 Å². The molecular formula is C21H28N4O11. The molecule has 0 radical (unpaired) electrons. The molecule has 0 aromatic heterocycles. The summed E-state index contributed by atoms with van der Waals surface area (Å²) in [6, 6.07) is -1.13. The first kappa shape index (κ1) is 29.8. The monoisotopic (exact) mass is 512 g/mol. The average molecular weight is 512 g/mol. The largest absolute Gasteiger partial charge is 0.508 e. The first-order valence-corrected chi connectivity index (χ1v) is 10.5. The predicted octanol–water partition coefficient (Wildman–Crippen LogP) is -2.87. The van der Waals surface area contributed by atoms with E-state index < -0.39 is 78.7 Å². The Balaban J connectivity index is 3.16. The maximum Gasteiger partial charge on any atom is 0.326 e. The first-order valence-electron chi connectivity index (χ1n) is 10.5. The first-order chi connectivity index (χ1) is 16.7. The van der Waals surface area contributed by atoms with E-state index in [-0.39, 0.29) is 12.2 Å². The summed E-state index contributed by atoms with van der Waals surface area (Å²) in [4.78, 5) is 71.2. The number of aliphatic carboxylic acids is 3. The van der Waals surface area contributed by atoms with Gasteiger partial charge < -0.3 is 47.2 Å². The van der Waals surface area contributed by atoms with E-state index in [1.807, 2.05) is 5.32 Å². The molecule has 0 saturated heterocycles. The highest BCUT2D eigenvalue weighted by Gasteiger charge is 2.32. The summed E-state index contributed by atoms with van der Waals surface area (Å²) in [5.74, 6) is -8.14. The molecular weight excluding hydrogens is 484 g/mol. The quantitative estimate of drug-likeness (QED) is 0.122. The molecule has 0 saturated carbocycles. The lowest BCUT2D eigenvalue weighted by atomic mass is 10.0. The maximum atomic E-state index is 13.0. The molecule has 15 nitrogen and oxygen atoms in total. The molecule has 0 bridgehead atoms. The lowest BCUT2D eigenvalue weighted by Crippen LogP contribution is -2.59. The molecule has 5 unspecified atom stereocenters. The van der Waals surface area contributed by atoms with Gasteiger partial charge >= 0.3 is 17.9 Å². The van der Waals surface area contributed by atoms with Gasteiger partial charge in [0.25, 0.3) is 0 Å². The van der Waals surface area contributed by atoms with E-state index in [0.717, 1.165) is 0 Å². The van der Waals surface area contributed by atoms with E-state index in [9.17, 15) is 39.0 Å². The van der Waals surface area contributed by atoms with Crippen molar-refractivity contribution < 1.29 is 54.3 Å². The number of aromatic hydroxyl groups is 1. The van der Waals surface area contributed by atoms with Crippen LogP contribution in [0.4, 0.5) is 0 Å². The van der Waals surface area contributed by atoms with Crippen molar-refractivity contribution in [2.45, 2.75) is 56.5 Å². The van der Waals surface area contributed by atoms with Crippen molar-refractivity contribution >= 4 is 35.6 Å². The average Bonchev–Trinajstić information content (AvgIpc) is 2.77. The molecule has 0 aliphatic carbocycles. The zero-order valence-electron chi connectivity index (χ0n) is 19.1. The van der Waals surface area contributed by atoms with Gasteiger partial charge in [-0.2, -0.15) is 0 Å². The number of phenols is 1. The van der Waals surface area contributed by atoms with Crippen molar-refractivity contribution in [1.82, 2.24) is 16.0 Å². The number of hydrogen-bond donors (Lipinski definition) is 9. The highest BCUT2D eigenvalue weighted by atomic mass is 16.4. The normalized spacial score (nSPS) is 14.9. The lowest BCUT2D eigenvalue weighted by molar-refractivity contribution is -0.148. The number of nitrogens with two attached hydrogens (primary N) is 1. The minimum absolute atomic E-state index is 0.0764. The Bertz CT molecular complexity index is 981. The van der Waals surface area contributed by atoms with Crippen LogP contribution in [0.2, 0.25) is 0 Å². The molecule has 0 aliphatic heterocycles. The van der Waals surface area contributed by atoms with E-state index in [1.54, 1.807) is 0 Å². The number of rotatable bonds is 14. The van der Waals surface area contributed by atoms with Crippen molar-refractivity contribution in [2.75, 3.05) is 0 Å². The number of carboxylic acids is 3. The number of phenolic OH excluding ortho intramolecular Hbond substituents is 1. The van der Waals surface area contributed by atoms with Gasteiger partial charge in [-0.15, -0.1) is 0 Å². The zero-order chi connectivity index (χ0) is 27.6. The van der Waals surface area contributed by atoms with Crippen molar-refractivity contribution in [2.24, 2.45) is 5.73 Å². The van der Waals surface area contributed by atoms with Gasteiger partial charge in [0.1, 0.15) is 29.9 Å². The number of aliphatic hydroxyl groups excluding tert-OH is 1. The third-order valence-electron chi connectivity index (χ3n) is 4.84. The fourth-order valence-corrected chi connectivity index (χ4v) is 2.87. The van der Waals surface area contributed by atoms with Gasteiger partial charge in [-0.3, -0.25) is 24.0 Å². The fraction of sp³-hybridized carbons (Fsp3) is 0.429. The van der Waals surface area contributed by atoms with E-state index >= 15 is 0 Å². The number of carbonyl (C=O) groups is 6. The van der Waals surface area contributed by atoms with Crippen LogP contribution in [-0.4, -0.2) is 91.4 Å². The Morgan fingerprint density at radius 3 is 1.69 bits per heavy atom. The van der Waals surface area contributed by atoms with Gasteiger partial charge in [0, 0.05) is 6.42 Å². The molecule has 0 spiro atoms. The van der Waals surface area contributed by atoms with Gasteiger partial charge in [-0.25, -0.2) is 4.79 Å². The number of hydrogen-bond acceptors (Lipinski definition) is 9. The number of nitrogens with one attached hydrogen (secondary N) is 3. The summed E-state index contributed by atoms with van der Waals surface area (Å²) < 4.78 is 0. The molecule has 1 aromatic carbocycles.